The van der Waals surface area contributed by atoms with Crippen molar-refractivity contribution in [1.29, 1.82) is 0 Å². The van der Waals surface area contributed by atoms with E-state index in [1.165, 1.54) is 7.11 Å². The summed E-state index contributed by atoms with van der Waals surface area (Å²) in [7, 11) is 1.54. The Morgan fingerprint density at radius 1 is 1.10 bits per heavy atom. The zero-order valence-electron chi connectivity index (χ0n) is 11.0. The largest absolute Gasteiger partial charge is 0.481 e. The van der Waals surface area contributed by atoms with Gasteiger partial charge in [0.1, 0.15) is 6.10 Å². The Balaban J connectivity index is 2.05. The van der Waals surface area contributed by atoms with E-state index in [1.54, 1.807) is 24.5 Å². The van der Waals surface area contributed by atoms with Gasteiger partial charge < -0.3 is 9.84 Å². The third-order valence-corrected chi connectivity index (χ3v) is 3.22. The van der Waals surface area contributed by atoms with Crippen LogP contribution in [0.25, 0.3) is 10.9 Å². The van der Waals surface area contributed by atoms with Crippen molar-refractivity contribution in [1.82, 2.24) is 9.97 Å². The van der Waals surface area contributed by atoms with Crippen LogP contribution in [0.1, 0.15) is 17.2 Å². The van der Waals surface area contributed by atoms with E-state index in [9.17, 15) is 5.11 Å². The molecule has 2 aromatic heterocycles. The van der Waals surface area contributed by atoms with Crippen LogP contribution in [0.5, 0.6) is 5.88 Å². The molecule has 0 spiro atoms. The van der Waals surface area contributed by atoms with Crippen molar-refractivity contribution in [3.8, 4) is 5.88 Å². The topological polar surface area (TPSA) is 55.2 Å². The van der Waals surface area contributed by atoms with Crippen LogP contribution in [0.2, 0.25) is 0 Å². The van der Waals surface area contributed by atoms with E-state index in [2.05, 4.69) is 9.97 Å². The van der Waals surface area contributed by atoms with Gasteiger partial charge in [-0.15, -0.1) is 0 Å². The molecule has 0 saturated heterocycles. The lowest BCUT2D eigenvalue weighted by molar-refractivity contribution is 0.213. The average molecular weight is 266 g/mol. The van der Waals surface area contributed by atoms with Crippen LogP contribution in [-0.2, 0) is 0 Å². The van der Waals surface area contributed by atoms with Crippen molar-refractivity contribution in [3.63, 3.8) is 0 Å². The van der Waals surface area contributed by atoms with E-state index >= 15 is 0 Å². The molecule has 2 heterocycles. The normalized spacial score (nSPS) is 12.3. The third kappa shape index (κ3) is 2.21. The van der Waals surface area contributed by atoms with Gasteiger partial charge in [-0.25, -0.2) is 4.98 Å². The minimum absolute atomic E-state index is 0.424. The second-order valence-corrected chi connectivity index (χ2v) is 4.47. The Morgan fingerprint density at radius 2 is 1.95 bits per heavy atom. The van der Waals surface area contributed by atoms with E-state index in [0.717, 1.165) is 16.5 Å². The number of nitrogens with zero attached hydrogens (tertiary/aromatic N) is 2. The van der Waals surface area contributed by atoms with Crippen molar-refractivity contribution >= 4 is 10.9 Å². The number of rotatable bonds is 3. The fraction of sp³-hybridized carbons (Fsp3) is 0.125. The number of fused-ring (bicyclic) bond motifs is 1. The molecule has 20 heavy (non-hydrogen) atoms. The molecule has 0 aliphatic carbocycles. The maximum atomic E-state index is 10.5. The second-order valence-electron chi connectivity index (χ2n) is 4.47. The third-order valence-electron chi connectivity index (χ3n) is 3.22. The first-order valence-corrected chi connectivity index (χ1v) is 6.31. The Morgan fingerprint density at radius 3 is 2.80 bits per heavy atom. The highest BCUT2D eigenvalue weighted by molar-refractivity contribution is 5.78. The Labute approximate surface area is 116 Å². The van der Waals surface area contributed by atoms with Crippen molar-refractivity contribution in [2.75, 3.05) is 7.11 Å². The molecule has 0 fully saturated rings. The standard InChI is InChI=1S/C16H14N2O2/c1-20-16-13(6-4-8-17-16)15(19)12-9-11-5-2-3-7-14(11)18-10-12/h2-10,15,19H,1H3. The zero-order chi connectivity index (χ0) is 13.9. The molecule has 0 aliphatic heterocycles. The predicted octanol–water partition coefficient (Wildman–Crippen LogP) is 2.72. The first-order valence-electron chi connectivity index (χ1n) is 6.31. The molecule has 0 amide bonds. The van der Waals surface area contributed by atoms with Gasteiger partial charge in [-0.2, -0.15) is 0 Å². The number of hydrogen-bond donors (Lipinski definition) is 1. The van der Waals surface area contributed by atoms with Gasteiger partial charge in [0, 0.05) is 28.9 Å². The van der Waals surface area contributed by atoms with Crippen molar-refractivity contribution < 1.29 is 9.84 Å². The molecule has 3 aromatic rings. The smallest absolute Gasteiger partial charge is 0.219 e. The summed E-state index contributed by atoms with van der Waals surface area (Å²) in [6, 6.07) is 13.3. The maximum absolute atomic E-state index is 10.5. The Hall–Kier alpha value is -2.46. The summed E-state index contributed by atoms with van der Waals surface area (Å²) in [6.07, 6.45) is 2.50. The minimum Gasteiger partial charge on any atom is -0.481 e. The highest BCUT2D eigenvalue weighted by Gasteiger charge is 2.16. The van der Waals surface area contributed by atoms with E-state index in [4.69, 9.17) is 4.74 Å². The summed E-state index contributed by atoms with van der Waals surface area (Å²) in [5.41, 5.74) is 2.25. The lowest BCUT2D eigenvalue weighted by Gasteiger charge is -2.14. The fourth-order valence-corrected chi connectivity index (χ4v) is 2.20. The number of hydrogen-bond acceptors (Lipinski definition) is 4. The second kappa shape index (κ2) is 5.27. The first kappa shape index (κ1) is 12.6. The number of aliphatic hydroxyl groups excluding tert-OH is 1. The summed E-state index contributed by atoms with van der Waals surface area (Å²) in [5, 5.41) is 11.5. The van der Waals surface area contributed by atoms with Crippen molar-refractivity contribution in [2.24, 2.45) is 0 Å². The van der Waals surface area contributed by atoms with Gasteiger partial charge >= 0.3 is 0 Å². The number of aromatic nitrogens is 2. The molecule has 1 atom stereocenters. The highest BCUT2D eigenvalue weighted by atomic mass is 16.5. The van der Waals surface area contributed by atoms with Gasteiger partial charge in [0.15, 0.2) is 0 Å². The quantitative estimate of drug-likeness (QED) is 0.792. The predicted molar refractivity (Wildman–Crippen MR) is 76.6 cm³/mol. The van der Waals surface area contributed by atoms with Gasteiger partial charge in [-0.1, -0.05) is 18.2 Å². The van der Waals surface area contributed by atoms with Crippen LogP contribution < -0.4 is 4.74 Å². The average Bonchev–Trinajstić information content (AvgIpc) is 2.53. The Bertz CT molecular complexity index is 743. The van der Waals surface area contributed by atoms with E-state index in [-0.39, 0.29) is 0 Å². The van der Waals surface area contributed by atoms with Gasteiger partial charge in [0.05, 0.1) is 12.6 Å². The van der Waals surface area contributed by atoms with E-state index < -0.39 is 6.10 Å². The van der Waals surface area contributed by atoms with Crippen LogP contribution >= 0.6 is 0 Å². The summed E-state index contributed by atoms with van der Waals surface area (Å²) in [4.78, 5) is 8.47. The molecule has 4 heteroatoms. The van der Waals surface area contributed by atoms with Crippen LogP contribution in [-0.4, -0.2) is 22.2 Å². The molecule has 100 valence electrons. The summed E-state index contributed by atoms with van der Waals surface area (Å²) in [6.45, 7) is 0. The first-order chi connectivity index (χ1) is 9.79. The van der Waals surface area contributed by atoms with Gasteiger partial charge in [-0.05, 0) is 24.3 Å². The van der Waals surface area contributed by atoms with Crippen LogP contribution in [0, 0.1) is 0 Å². The van der Waals surface area contributed by atoms with Crippen LogP contribution in [0.15, 0.2) is 54.9 Å². The molecule has 1 unspecified atom stereocenters. The fourth-order valence-electron chi connectivity index (χ4n) is 2.20. The monoisotopic (exact) mass is 266 g/mol. The lowest BCUT2D eigenvalue weighted by atomic mass is 10.0. The maximum Gasteiger partial charge on any atom is 0.219 e. The highest BCUT2D eigenvalue weighted by Crippen LogP contribution is 2.28. The molecule has 1 aromatic carbocycles. The summed E-state index contributed by atoms with van der Waals surface area (Å²) < 4.78 is 5.18. The number of aliphatic hydroxyl groups is 1. The SMILES string of the molecule is COc1ncccc1C(O)c1cnc2ccccc2c1. The van der Waals surface area contributed by atoms with Gasteiger partial charge in [0.25, 0.3) is 0 Å². The molecule has 0 aliphatic rings. The van der Waals surface area contributed by atoms with E-state index in [0.29, 0.717) is 11.4 Å². The molecule has 1 N–H and O–H groups in total. The molecule has 3 rings (SSSR count). The van der Waals surface area contributed by atoms with Gasteiger partial charge in [0.2, 0.25) is 5.88 Å². The molecular formula is C16H14N2O2. The minimum atomic E-state index is -0.809. The molecule has 4 nitrogen and oxygen atoms in total. The Kier molecular flexibility index (Phi) is 3.31. The summed E-state index contributed by atoms with van der Waals surface area (Å²) >= 11 is 0. The van der Waals surface area contributed by atoms with Crippen LogP contribution in [0.3, 0.4) is 0 Å². The summed E-state index contributed by atoms with van der Waals surface area (Å²) in [5.74, 6) is 0.424. The number of methoxy groups -OCH3 is 1. The molecule has 0 bridgehead atoms. The lowest BCUT2D eigenvalue weighted by Crippen LogP contribution is -2.04. The zero-order valence-corrected chi connectivity index (χ0v) is 11.0. The number of para-hydroxylation sites is 1. The molecule has 0 saturated carbocycles. The van der Waals surface area contributed by atoms with Crippen molar-refractivity contribution in [3.05, 3.63) is 66.0 Å². The number of ether oxygens (including phenoxy) is 1. The van der Waals surface area contributed by atoms with Gasteiger partial charge in [-0.3, -0.25) is 4.98 Å². The van der Waals surface area contributed by atoms with Crippen molar-refractivity contribution in [2.45, 2.75) is 6.10 Å². The van der Waals surface area contributed by atoms with E-state index in [1.807, 2.05) is 30.3 Å². The number of pyridine rings is 2. The number of benzene rings is 1. The molecular weight excluding hydrogens is 252 g/mol. The van der Waals surface area contributed by atoms with Crippen LogP contribution in [0.4, 0.5) is 0 Å². The molecule has 0 radical (unpaired) electrons.